The SMILES string of the molecule is COCCn1c(=O)n(CC2(C)CC2)c(=O)c2c(C)c(CN(CC(OC)OC)C(N)=O)sc21. The summed E-state index contributed by atoms with van der Waals surface area (Å²) in [5.74, 6) is 0. The molecule has 1 aliphatic rings. The highest BCUT2D eigenvalue weighted by Gasteiger charge is 2.39. The van der Waals surface area contributed by atoms with Gasteiger partial charge in [0.15, 0.2) is 6.29 Å². The number of nitrogens with zero attached hydrogens (tertiary/aromatic N) is 3. The molecule has 2 heterocycles. The molecule has 0 aliphatic heterocycles. The number of aryl methyl sites for hydroxylation is 1. The Labute approximate surface area is 190 Å². The lowest BCUT2D eigenvalue weighted by Crippen LogP contribution is -2.42. The number of aromatic nitrogens is 2. The molecule has 3 rings (SSSR count). The zero-order valence-corrected chi connectivity index (χ0v) is 20.1. The summed E-state index contributed by atoms with van der Waals surface area (Å²) < 4.78 is 18.5. The zero-order chi connectivity index (χ0) is 23.6. The second-order valence-electron chi connectivity index (χ2n) is 8.58. The van der Waals surface area contributed by atoms with Crippen LogP contribution in [0.5, 0.6) is 0 Å². The Morgan fingerprint density at radius 1 is 1.22 bits per heavy atom. The number of hydrogen-bond donors (Lipinski definition) is 1. The number of rotatable bonds is 11. The van der Waals surface area contributed by atoms with Crippen LogP contribution in [0.25, 0.3) is 10.2 Å². The van der Waals surface area contributed by atoms with Crippen molar-refractivity contribution in [3.63, 3.8) is 0 Å². The minimum absolute atomic E-state index is 0.0133. The van der Waals surface area contributed by atoms with Gasteiger partial charge in [0.25, 0.3) is 5.56 Å². The molecule has 0 spiro atoms. The van der Waals surface area contributed by atoms with Gasteiger partial charge in [-0.05, 0) is 30.7 Å². The maximum Gasteiger partial charge on any atom is 0.332 e. The Bertz CT molecular complexity index is 1100. The summed E-state index contributed by atoms with van der Waals surface area (Å²) in [7, 11) is 4.53. The van der Waals surface area contributed by atoms with E-state index in [4.69, 9.17) is 19.9 Å². The fraction of sp³-hybridized carbons (Fsp3) is 0.667. The van der Waals surface area contributed by atoms with E-state index in [0.29, 0.717) is 29.9 Å². The van der Waals surface area contributed by atoms with E-state index in [2.05, 4.69) is 6.92 Å². The van der Waals surface area contributed by atoms with E-state index in [-0.39, 0.29) is 29.8 Å². The third-order valence-electron chi connectivity index (χ3n) is 6.10. The van der Waals surface area contributed by atoms with Crippen molar-refractivity contribution < 1.29 is 19.0 Å². The summed E-state index contributed by atoms with van der Waals surface area (Å²) in [6.45, 7) is 5.31. The third kappa shape index (κ3) is 4.90. The van der Waals surface area contributed by atoms with Gasteiger partial charge in [0.05, 0.1) is 31.6 Å². The smallest absolute Gasteiger partial charge is 0.332 e. The van der Waals surface area contributed by atoms with Gasteiger partial charge in [0, 0.05) is 32.8 Å². The van der Waals surface area contributed by atoms with Gasteiger partial charge in [0.2, 0.25) is 0 Å². The first-order valence-electron chi connectivity index (χ1n) is 10.5. The molecular weight excluding hydrogens is 436 g/mol. The Hall–Kier alpha value is -2.21. The van der Waals surface area contributed by atoms with Gasteiger partial charge in [-0.1, -0.05) is 6.92 Å². The van der Waals surface area contributed by atoms with Gasteiger partial charge in [-0.3, -0.25) is 13.9 Å². The van der Waals surface area contributed by atoms with E-state index in [1.807, 2.05) is 6.92 Å². The summed E-state index contributed by atoms with van der Waals surface area (Å²) in [4.78, 5) is 41.4. The van der Waals surface area contributed by atoms with Crippen LogP contribution in [0.2, 0.25) is 0 Å². The monoisotopic (exact) mass is 468 g/mol. The quantitative estimate of drug-likeness (QED) is 0.499. The number of hydrogen-bond acceptors (Lipinski definition) is 7. The third-order valence-corrected chi connectivity index (χ3v) is 7.40. The van der Waals surface area contributed by atoms with Crippen molar-refractivity contribution in [2.24, 2.45) is 11.1 Å². The van der Waals surface area contributed by atoms with Crippen LogP contribution in [0.1, 0.15) is 30.2 Å². The van der Waals surface area contributed by atoms with Crippen LogP contribution in [0.3, 0.4) is 0 Å². The molecule has 1 aliphatic carbocycles. The van der Waals surface area contributed by atoms with Crippen LogP contribution in [-0.2, 0) is 33.8 Å². The van der Waals surface area contributed by atoms with Crippen LogP contribution in [0.4, 0.5) is 4.79 Å². The Balaban J connectivity index is 2.10. The predicted octanol–water partition coefficient (Wildman–Crippen LogP) is 1.48. The molecule has 0 saturated heterocycles. The number of ether oxygens (including phenoxy) is 3. The first kappa shape index (κ1) is 24.4. The number of fused-ring (bicyclic) bond motifs is 1. The number of primary amides is 1. The molecule has 0 atom stereocenters. The molecule has 2 amide bonds. The average molecular weight is 469 g/mol. The van der Waals surface area contributed by atoms with Crippen LogP contribution >= 0.6 is 11.3 Å². The van der Waals surface area contributed by atoms with Crippen LogP contribution in [-0.4, -0.2) is 60.8 Å². The average Bonchev–Trinajstić information content (AvgIpc) is 3.40. The number of nitrogens with two attached hydrogens (primary N) is 1. The number of methoxy groups -OCH3 is 3. The van der Waals surface area contributed by atoms with Crippen molar-refractivity contribution in [1.82, 2.24) is 14.0 Å². The van der Waals surface area contributed by atoms with E-state index in [1.165, 1.54) is 35.0 Å². The number of thiophene rings is 1. The molecule has 0 aromatic carbocycles. The van der Waals surface area contributed by atoms with Crippen molar-refractivity contribution in [3.8, 4) is 0 Å². The Kier molecular flexibility index (Phi) is 7.43. The van der Waals surface area contributed by atoms with Crippen LogP contribution < -0.4 is 17.0 Å². The minimum Gasteiger partial charge on any atom is -0.383 e. The van der Waals surface area contributed by atoms with Gasteiger partial charge >= 0.3 is 11.7 Å². The molecule has 0 radical (unpaired) electrons. The van der Waals surface area contributed by atoms with Gasteiger partial charge in [0.1, 0.15) is 4.83 Å². The molecule has 178 valence electrons. The summed E-state index contributed by atoms with van der Waals surface area (Å²) in [6.07, 6.45) is 1.36. The Morgan fingerprint density at radius 2 is 1.88 bits per heavy atom. The fourth-order valence-electron chi connectivity index (χ4n) is 3.69. The Morgan fingerprint density at radius 3 is 2.41 bits per heavy atom. The standard InChI is InChI=1S/C21H32N4O6S/c1-13-14(10-23(19(22)27)11-15(30-4)31-5)32-18-16(13)17(26)25(12-21(2)6-7-21)20(28)24(18)8-9-29-3/h15H,6-12H2,1-5H3,(H2,22,27). The van der Waals surface area contributed by atoms with Crippen molar-refractivity contribution in [3.05, 3.63) is 31.3 Å². The van der Waals surface area contributed by atoms with Crippen molar-refractivity contribution >= 4 is 27.6 Å². The highest BCUT2D eigenvalue weighted by atomic mass is 32.1. The lowest BCUT2D eigenvalue weighted by atomic mass is 10.1. The molecule has 0 unspecified atom stereocenters. The van der Waals surface area contributed by atoms with Gasteiger partial charge in [-0.2, -0.15) is 0 Å². The topological polar surface area (TPSA) is 118 Å². The van der Waals surface area contributed by atoms with Crippen molar-refractivity contribution in [2.45, 2.75) is 52.6 Å². The van der Waals surface area contributed by atoms with E-state index >= 15 is 0 Å². The number of carbonyl (C=O) groups is 1. The zero-order valence-electron chi connectivity index (χ0n) is 19.3. The largest absolute Gasteiger partial charge is 0.383 e. The maximum absolute atomic E-state index is 13.4. The number of amides is 2. The second-order valence-corrected chi connectivity index (χ2v) is 9.66. The molecule has 2 N–H and O–H groups in total. The van der Waals surface area contributed by atoms with Gasteiger partial charge < -0.3 is 24.8 Å². The minimum atomic E-state index is -0.631. The van der Waals surface area contributed by atoms with Crippen LogP contribution in [0, 0.1) is 12.3 Å². The highest BCUT2D eigenvalue weighted by Crippen LogP contribution is 2.46. The first-order valence-corrected chi connectivity index (χ1v) is 11.3. The normalized spacial score (nSPS) is 14.9. The first-order chi connectivity index (χ1) is 15.2. The highest BCUT2D eigenvalue weighted by molar-refractivity contribution is 7.18. The van der Waals surface area contributed by atoms with E-state index in [1.54, 1.807) is 11.7 Å². The van der Waals surface area contributed by atoms with E-state index in [9.17, 15) is 14.4 Å². The van der Waals surface area contributed by atoms with E-state index < -0.39 is 12.3 Å². The molecule has 1 saturated carbocycles. The summed E-state index contributed by atoms with van der Waals surface area (Å²) in [5, 5.41) is 0.504. The van der Waals surface area contributed by atoms with Gasteiger partial charge in [-0.25, -0.2) is 9.59 Å². The predicted molar refractivity (Wildman–Crippen MR) is 122 cm³/mol. The number of urea groups is 1. The number of carbonyl (C=O) groups excluding carboxylic acids is 1. The molecule has 1 fully saturated rings. The lowest BCUT2D eigenvalue weighted by Gasteiger charge is -2.24. The van der Waals surface area contributed by atoms with Crippen LogP contribution in [0.15, 0.2) is 9.59 Å². The lowest BCUT2D eigenvalue weighted by molar-refractivity contribution is -0.111. The summed E-state index contributed by atoms with van der Waals surface area (Å²) in [5.41, 5.74) is 5.69. The van der Waals surface area contributed by atoms with Gasteiger partial charge in [-0.15, -0.1) is 11.3 Å². The maximum atomic E-state index is 13.4. The molecule has 2 aromatic heterocycles. The summed E-state index contributed by atoms with van der Waals surface area (Å²) >= 11 is 1.32. The summed E-state index contributed by atoms with van der Waals surface area (Å²) in [6, 6.07) is -0.628. The molecular formula is C21H32N4O6S. The molecule has 11 heteroatoms. The van der Waals surface area contributed by atoms with Crippen molar-refractivity contribution in [1.29, 1.82) is 0 Å². The van der Waals surface area contributed by atoms with Crippen molar-refractivity contribution in [2.75, 3.05) is 34.5 Å². The molecule has 2 aromatic rings. The fourth-order valence-corrected chi connectivity index (χ4v) is 5.03. The molecule has 0 bridgehead atoms. The molecule has 10 nitrogen and oxygen atoms in total. The second kappa shape index (κ2) is 9.74. The molecule has 32 heavy (non-hydrogen) atoms. The van der Waals surface area contributed by atoms with E-state index in [0.717, 1.165) is 23.3 Å².